The van der Waals surface area contributed by atoms with E-state index in [-0.39, 0.29) is 11.5 Å². The standard InChI is InChI=1S/C5H6N4O2/c6-9-4-1-3(5(10)11)7-2-8-4/h1-2H,6H2,(H,10,11)(H,7,8,9). The lowest BCUT2D eigenvalue weighted by atomic mass is 10.4. The molecular weight excluding hydrogens is 148 g/mol. The van der Waals surface area contributed by atoms with E-state index in [0.717, 1.165) is 6.33 Å². The summed E-state index contributed by atoms with van der Waals surface area (Å²) in [6, 6.07) is 1.24. The van der Waals surface area contributed by atoms with Crippen molar-refractivity contribution in [3.05, 3.63) is 18.1 Å². The lowest BCUT2D eigenvalue weighted by Gasteiger charge is -1.97. The van der Waals surface area contributed by atoms with Crippen molar-refractivity contribution in [3.63, 3.8) is 0 Å². The van der Waals surface area contributed by atoms with Crippen LogP contribution >= 0.6 is 0 Å². The topological polar surface area (TPSA) is 101 Å². The molecule has 0 unspecified atom stereocenters. The van der Waals surface area contributed by atoms with Gasteiger partial charge in [-0.3, -0.25) is 0 Å². The van der Waals surface area contributed by atoms with Gasteiger partial charge in [-0.15, -0.1) is 0 Å². The highest BCUT2D eigenvalue weighted by molar-refractivity contribution is 5.85. The molecule has 0 bridgehead atoms. The van der Waals surface area contributed by atoms with Crippen LogP contribution in [0.15, 0.2) is 12.4 Å². The van der Waals surface area contributed by atoms with Gasteiger partial charge in [-0.1, -0.05) is 0 Å². The number of hydrogen-bond donors (Lipinski definition) is 3. The van der Waals surface area contributed by atoms with Gasteiger partial charge in [0, 0.05) is 6.07 Å². The van der Waals surface area contributed by atoms with E-state index in [9.17, 15) is 4.79 Å². The maximum Gasteiger partial charge on any atom is 0.354 e. The van der Waals surface area contributed by atoms with E-state index in [0.29, 0.717) is 0 Å². The molecule has 6 heteroatoms. The van der Waals surface area contributed by atoms with Crippen molar-refractivity contribution in [2.45, 2.75) is 0 Å². The molecule has 0 saturated carbocycles. The molecule has 0 fully saturated rings. The Morgan fingerprint density at radius 3 is 2.91 bits per heavy atom. The molecule has 4 N–H and O–H groups in total. The molecule has 0 radical (unpaired) electrons. The Morgan fingerprint density at radius 2 is 2.36 bits per heavy atom. The van der Waals surface area contributed by atoms with Gasteiger partial charge in [-0.25, -0.2) is 20.6 Å². The predicted molar refractivity (Wildman–Crippen MR) is 36.8 cm³/mol. The summed E-state index contributed by atoms with van der Waals surface area (Å²) in [4.78, 5) is 17.4. The number of nitrogens with two attached hydrogens (primary N) is 1. The summed E-state index contributed by atoms with van der Waals surface area (Å²) in [6.45, 7) is 0. The summed E-state index contributed by atoms with van der Waals surface area (Å²) in [5.74, 6) is 4.15. The Hall–Kier alpha value is -1.69. The number of carboxylic acids is 1. The number of hydrogen-bond acceptors (Lipinski definition) is 5. The molecule has 0 aliphatic carbocycles. The molecule has 1 heterocycles. The van der Waals surface area contributed by atoms with E-state index in [1.165, 1.54) is 6.07 Å². The third-order valence-electron chi connectivity index (χ3n) is 1.03. The van der Waals surface area contributed by atoms with Crippen molar-refractivity contribution >= 4 is 11.8 Å². The number of nitrogens with one attached hydrogen (secondary N) is 1. The highest BCUT2D eigenvalue weighted by Gasteiger charge is 2.03. The minimum atomic E-state index is -1.11. The first-order valence-corrected chi connectivity index (χ1v) is 2.76. The van der Waals surface area contributed by atoms with Gasteiger partial charge in [0.25, 0.3) is 0 Å². The average Bonchev–Trinajstić information content (AvgIpc) is 2.05. The number of nitrogen functional groups attached to an aromatic ring is 1. The van der Waals surface area contributed by atoms with E-state index in [1.807, 2.05) is 0 Å². The highest BCUT2D eigenvalue weighted by Crippen LogP contribution is 2.00. The summed E-state index contributed by atoms with van der Waals surface area (Å²) in [5, 5.41) is 8.45. The number of hydrazine groups is 1. The Morgan fingerprint density at radius 1 is 1.64 bits per heavy atom. The first-order valence-electron chi connectivity index (χ1n) is 2.76. The molecule has 1 aromatic heterocycles. The Bertz CT molecular complexity index is 275. The fraction of sp³-hybridized carbons (Fsp3) is 0. The minimum absolute atomic E-state index is 0.0899. The summed E-state index contributed by atoms with van der Waals surface area (Å²) in [7, 11) is 0. The molecule has 58 valence electrons. The van der Waals surface area contributed by atoms with E-state index in [1.54, 1.807) is 0 Å². The zero-order chi connectivity index (χ0) is 8.27. The number of aromatic carboxylic acids is 1. The number of anilines is 1. The molecule has 0 aromatic carbocycles. The minimum Gasteiger partial charge on any atom is -0.477 e. The Labute approximate surface area is 62.1 Å². The van der Waals surface area contributed by atoms with Crippen molar-refractivity contribution in [2.75, 3.05) is 5.43 Å². The van der Waals surface area contributed by atoms with Gasteiger partial charge in [-0.05, 0) is 0 Å². The number of aromatic nitrogens is 2. The molecule has 0 aliphatic heterocycles. The van der Waals surface area contributed by atoms with Crippen molar-refractivity contribution in [2.24, 2.45) is 5.84 Å². The van der Waals surface area contributed by atoms with Crippen LogP contribution in [-0.2, 0) is 0 Å². The Kier molecular flexibility index (Phi) is 1.98. The average molecular weight is 154 g/mol. The van der Waals surface area contributed by atoms with Gasteiger partial charge >= 0.3 is 5.97 Å². The van der Waals surface area contributed by atoms with Crippen LogP contribution in [0.25, 0.3) is 0 Å². The molecule has 11 heavy (non-hydrogen) atoms. The van der Waals surface area contributed by atoms with Crippen LogP contribution in [0.4, 0.5) is 5.82 Å². The van der Waals surface area contributed by atoms with Crippen LogP contribution in [0.5, 0.6) is 0 Å². The van der Waals surface area contributed by atoms with Gasteiger partial charge in [0.2, 0.25) is 0 Å². The highest BCUT2D eigenvalue weighted by atomic mass is 16.4. The maximum absolute atomic E-state index is 10.3. The molecule has 0 spiro atoms. The number of nitrogens with zero attached hydrogens (tertiary/aromatic N) is 2. The van der Waals surface area contributed by atoms with Crippen LogP contribution in [-0.4, -0.2) is 21.0 Å². The SMILES string of the molecule is NNc1cc(C(=O)O)ncn1. The number of rotatable bonds is 2. The lowest BCUT2D eigenvalue weighted by Crippen LogP contribution is -2.10. The second-order valence-corrected chi connectivity index (χ2v) is 1.74. The zero-order valence-corrected chi connectivity index (χ0v) is 5.48. The Balaban J connectivity index is 3.01. The maximum atomic E-state index is 10.3. The van der Waals surface area contributed by atoms with Gasteiger partial charge < -0.3 is 10.5 Å². The van der Waals surface area contributed by atoms with Gasteiger partial charge in [0.1, 0.15) is 12.1 Å². The molecule has 0 saturated heterocycles. The van der Waals surface area contributed by atoms with Gasteiger partial charge in [-0.2, -0.15) is 0 Å². The van der Waals surface area contributed by atoms with Crippen molar-refractivity contribution in [1.82, 2.24) is 9.97 Å². The third-order valence-corrected chi connectivity index (χ3v) is 1.03. The first kappa shape index (κ1) is 7.42. The molecule has 1 rings (SSSR count). The summed E-state index contributed by atoms with van der Waals surface area (Å²) < 4.78 is 0. The normalized spacial score (nSPS) is 9.18. The van der Waals surface area contributed by atoms with Crippen LogP contribution in [0, 0.1) is 0 Å². The van der Waals surface area contributed by atoms with Gasteiger partial charge in [0.05, 0.1) is 0 Å². The molecule has 0 atom stereocenters. The van der Waals surface area contributed by atoms with E-state index in [4.69, 9.17) is 10.9 Å². The monoisotopic (exact) mass is 154 g/mol. The molecule has 0 amide bonds. The molecule has 6 nitrogen and oxygen atoms in total. The van der Waals surface area contributed by atoms with Crippen LogP contribution in [0.3, 0.4) is 0 Å². The fourth-order valence-electron chi connectivity index (χ4n) is 0.553. The first-order chi connectivity index (χ1) is 5.24. The van der Waals surface area contributed by atoms with Crippen LogP contribution in [0.2, 0.25) is 0 Å². The molecule has 1 aromatic rings. The van der Waals surface area contributed by atoms with Crippen LogP contribution in [0.1, 0.15) is 10.5 Å². The van der Waals surface area contributed by atoms with Crippen LogP contribution < -0.4 is 11.3 Å². The summed E-state index contributed by atoms with van der Waals surface area (Å²) in [5.41, 5.74) is 2.12. The van der Waals surface area contributed by atoms with E-state index >= 15 is 0 Å². The number of carbonyl (C=O) groups is 1. The fourth-order valence-corrected chi connectivity index (χ4v) is 0.553. The van der Waals surface area contributed by atoms with Crippen molar-refractivity contribution in [3.8, 4) is 0 Å². The van der Waals surface area contributed by atoms with E-state index < -0.39 is 5.97 Å². The summed E-state index contributed by atoms with van der Waals surface area (Å²) >= 11 is 0. The molecular formula is C5H6N4O2. The van der Waals surface area contributed by atoms with Crippen molar-refractivity contribution in [1.29, 1.82) is 0 Å². The van der Waals surface area contributed by atoms with Gasteiger partial charge in [0.15, 0.2) is 5.69 Å². The zero-order valence-electron chi connectivity index (χ0n) is 5.48. The number of carboxylic acid groups (broad SMARTS) is 1. The molecule has 0 aliphatic rings. The second kappa shape index (κ2) is 2.93. The smallest absolute Gasteiger partial charge is 0.354 e. The van der Waals surface area contributed by atoms with E-state index in [2.05, 4.69) is 15.4 Å². The second-order valence-electron chi connectivity index (χ2n) is 1.74. The summed E-state index contributed by atoms with van der Waals surface area (Å²) in [6.07, 6.45) is 1.12. The predicted octanol–water partition coefficient (Wildman–Crippen LogP) is -0.540. The largest absolute Gasteiger partial charge is 0.477 e. The quantitative estimate of drug-likeness (QED) is 0.390. The lowest BCUT2D eigenvalue weighted by molar-refractivity contribution is 0.0690. The van der Waals surface area contributed by atoms with Crippen molar-refractivity contribution < 1.29 is 9.90 Å². The third kappa shape index (κ3) is 1.62.